The van der Waals surface area contributed by atoms with Crippen molar-refractivity contribution in [2.75, 3.05) is 26.2 Å². The van der Waals surface area contributed by atoms with Gasteiger partial charge in [0, 0.05) is 38.0 Å². The molecule has 0 spiro atoms. The molecule has 168 valence electrons. The Labute approximate surface area is 184 Å². The third kappa shape index (κ3) is 5.63. The Balaban J connectivity index is 1.27. The second-order valence-electron chi connectivity index (χ2n) is 7.61. The highest BCUT2D eigenvalue weighted by molar-refractivity contribution is 5.98. The van der Waals surface area contributed by atoms with Crippen LogP contribution in [0.15, 0.2) is 57.7 Å². The number of carbonyl (C=O) groups excluding carboxylic acids is 2. The van der Waals surface area contributed by atoms with Crippen molar-refractivity contribution in [1.82, 2.24) is 15.4 Å². The molecule has 4 rings (SSSR count). The summed E-state index contributed by atoms with van der Waals surface area (Å²) in [5, 5.41) is 4.84. The van der Waals surface area contributed by atoms with Crippen molar-refractivity contribution in [2.45, 2.75) is 25.3 Å². The van der Waals surface area contributed by atoms with Gasteiger partial charge >= 0.3 is 11.9 Å². The van der Waals surface area contributed by atoms with Crippen LogP contribution >= 0.6 is 0 Å². The monoisotopic (exact) mass is 439 g/mol. The molecular formula is C23H25N3O6. The molecule has 1 aromatic heterocycles. The van der Waals surface area contributed by atoms with Gasteiger partial charge in [0.25, 0.3) is 0 Å². The average Bonchev–Trinajstić information content (AvgIpc) is 3.18. The maximum Gasteiger partial charge on any atom is 0.527 e. The van der Waals surface area contributed by atoms with Gasteiger partial charge in [-0.25, -0.2) is 9.59 Å². The molecule has 9 nitrogen and oxygen atoms in total. The van der Waals surface area contributed by atoms with E-state index in [0.29, 0.717) is 49.1 Å². The van der Waals surface area contributed by atoms with Crippen molar-refractivity contribution in [1.29, 1.82) is 0 Å². The van der Waals surface area contributed by atoms with Crippen molar-refractivity contribution in [3.63, 3.8) is 0 Å². The molecule has 1 saturated heterocycles. The quantitative estimate of drug-likeness (QED) is 0.407. The summed E-state index contributed by atoms with van der Waals surface area (Å²) in [6, 6.07) is 14.5. The lowest BCUT2D eigenvalue weighted by Crippen LogP contribution is -2.51. The maximum atomic E-state index is 12.6. The van der Waals surface area contributed by atoms with Crippen LogP contribution < -0.4 is 11.1 Å². The topological polar surface area (TPSA) is 114 Å². The molecule has 0 saturated carbocycles. The number of fused-ring (bicyclic) bond motifs is 1. The van der Waals surface area contributed by atoms with Crippen LogP contribution in [0.5, 0.6) is 0 Å². The molecule has 0 aliphatic carbocycles. The van der Waals surface area contributed by atoms with Crippen molar-refractivity contribution < 1.29 is 23.6 Å². The van der Waals surface area contributed by atoms with Crippen LogP contribution in [0.25, 0.3) is 11.1 Å². The van der Waals surface area contributed by atoms with E-state index in [2.05, 4.69) is 10.3 Å². The van der Waals surface area contributed by atoms with E-state index in [-0.39, 0.29) is 24.9 Å². The smallest absolute Gasteiger partial charge is 0.433 e. The third-order valence-electron chi connectivity index (χ3n) is 5.39. The number of nitrogens with one attached hydrogen (secondary N) is 2. The van der Waals surface area contributed by atoms with Gasteiger partial charge in [-0.1, -0.05) is 30.3 Å². The van der Waals surface area contributed by atoms with E-state index >= 15 is 0 Å². The van der Waals surface area contributed by atoms with Crippen LogP contribution in [-0.4, -0.2) is 54.3 Å². The Morgan fingerprint density at radius 3 is 2.84 bits per heavy atom. The van der Waals surface area contributed by atoms with Gasteiger partial charge in [0.1, 0.15) is 0 Å². The Bertz CT molecular complexity index is 1120. The van der Waals surface area contributed by atoms with Gasteiger partial charge in [-0.15, -0.1) is 5.06 Å². The second-order valence-corrected chi connectivity index (χ2v) is 7.61. The van der Waals surface area contributed by atoms with Crippen LogP contribution in [0.4, 0.5) is 4.79 Å². The number of benzene rings is 2. The Hall–Kier alpha value is -3.43. The first kappa shape index (κ1) is 21.8. The molecule has 1 atom stereocenters. The third-order valence-corrected chi connectivity index (χ3v) is 5.39. The van der Waals surface area contributed by atoms with Gasteiger partial charge in [0.2, 0.25) is 0 Å². The number of nitrogens with zero attached hydrogens (tertiary/aromatic N) is 1. The van der Waals surface area contributed by atoms with Gasteiger partial charge in [-0.05, 0) is 30.2 Å². The Morgan fingerprint density at radius 2 is 2.00 bits per heavy atom. The minimum atomic E-state index is -0.743. The van der Waals surface area contributed by atoms with Crippen molar-refractivity contribution in [2.24, 2.45) is 0 Å². The van der Waals surface area contributed by atoms with Crippen LogP contribution in [0.2, 0.25) is 0 Å². The number of aromatic nitrogens is 1. The fourth-order valence-corrected chi connectivity index (χ4v) is 3.69. The van der Waals surface area contributed by atoms with Crippen LogP contribution in [0.3, 0.4) is 0 Å². The summed E-state index contributed by atoms with van der Waals surface area (Å²) in [4.78, 5) is 44.0. The number of piperazine rings is 1. The summed E-state index contributed by atoms with van der Waals surface area (Å²) in [5.41, 5.74) is 2.45. The highest BCUT2D eigenvalue weighted by Gasteiger charge is 2.27. The zero-order chi connectivity index (χ0) is 22.3. The average molecular weight is 439 g/mol. The van der Waals surface area contributed by atoms with Gasteiger partial charge in [0.05, 0.1) is 18.2 Å². The molecule has 2 heterocycles. The summed E-state index contributed by atoms with van der Waals surface area (Å²) < 4.78 is 10.2. The minimum absolute atomic E-state index is 0.0771. The van der Waals surface area contributed by atoms with E-state index < -0.39 is 11.9 Å². The summed E-state index contributed by atoms with van der Waals surface area (Å²) in [7, 11) is 0. The molecule has 0 bridgehead atoms. The van der Waals surface area contributed by atoms with Crippen molar-refractivity contribution in [3.8, 4) is 0 Å². The zero-order valence-corrected chi connectivity index (χ0v) is 17.5. The van der Waals surface area contributed by atoms with Gasteiger partial charge in [0.15, 0.2) is 11.4 Å². The zero-order valence-electron chi connectivity index (χ0n) is 17.5. The molecule has 2 N–H and O–H groups in total. The van der Waals surface area contributed by atoms with E-state index in [1.165, 1.54) is 0 Å². The first-order chi connectivity index (χ1) is 15.6. The first-order valence-corrected chi connectivity index (χ1v) is 10.6. The van der Waals surface area contributed by atoms with Crippen LogP contribution in [0, 0.1) is 0 Å². The van der Waals surface area contributed by atoms with Gasteiger partial charge in [-0.3, -0.25) is 9.78 Å². The van der Waals surface area contributed by atoms with E-state index in [1.807, 2.05) is 30.3 Å². The molecular weight excluding hydrogens is 414 g/mol. The number of carbonyl (C=O) groups is 2. The normalized spacial score (nSPS) is 16.7. The number of H-pyrrole nitrogens is 1. The molecule has 9 heteroatoms. The van der Waals surface area contributed by atoms with Crippen LogP contribution in [-0.2, 0) is 16.0 Å². The van der Waals surface area contributed by atoms with E-state index in [0.717, 1.165) is 5.56 Å². The molecule has 1 aliphatic rings. The fourth-order valence-electron chi connectivity index (χ4n) is 3.69. The number of ketones is 1. The maximum absolute atomic E-state index is 12.6. The predicted molar refractivity (Wildman–Crippen MR) is 116 cm³/mol. The molecule has 1 fully saturated rings. The summed E-state index contributed by atoms with van der Waals surface area (Å²) in [6.45, 7) is 2.00. The van der Waals surface area contributed by atoms with E-state index in [1.54, 1.807) is 23.3 Å². The molecule has 32 heavy (non-hydrogen) atoms. The summed E-state index contributed by atoms with van der Waals surface area (Å²) in [5.74, 6) is -0.631. The highest BCUT2D eigenvalue weighted by Crippen LogP contribution is 2.17. The van der Waals surface area contributed by atoms with E-state index in [9.17, 15) is 14.4 Å². The molecule has 1 unspecified atom stereocenters. The number of hydrogen-bond acceptors (Lipinski definition) is 8. The van der Waals surface area contributed by atoms with Crippen molar-refractivity contribution >= 4 is 23.0 Å². The number of rotatable bonds is 8. The number of hydroxylamine groups is 2. The first-order valence-electron chi connectivity index (χ1n) is 10.6. The van der Waals surface area contributed by atoms with Gasteiger partial charge < -0.3 is 19.3 Å². The lowest BCUT2D eigenvalue weighted by molar-refractivity contribution is -0.162. The number of Topliss-reactive ketones (excluding diaryl/α,β-unsaturated/α-hetero) is 1. The van der Waals surface area contributed by atoms with E-state index in [4.69, 9.17) is 14.0 Å². The number of hydrogen-bond donors (Lipinski definition) is 2. The molecule has 0 radical (unpaired) electrons. The highest BCUT2D eigenvalue weighted by atomic mass is 16.8. The second kappa shape index (κ2) is 10.3. The minimum Gasteiger partial charge on any atom is -0.433 e. The lowest BCUT2D eigenvalue weighted by atomic mass is 10.0. The molecule has 3 aromatic rings. The van der Waals surface area contributed by atoms with Crippen LogP contribution in [0.1, 0.15) is 28.8 Å². The summed E-state index contributed by atoms with van der Waals surface area (Å²) in [6.07, 6.45) is 0.626. The predicted octanol–water partition coefficient (Wildman–Crippen LogP) is 2.67. The SMILES string of the molecule is O=C(OCCc1ccccc1)ON1CCNCC1CCC(=O)c1ccc2[nH]c(=O)oc2c1. The molecule has 0 amide bonds. The summed E-state index contributed by atoms with van der Waals surface area (Å²) >= 11 is 0. The number of oxazole rings is 1. The van der Waals surface area contributed by atoms with Gasteiger partial charge in [-0.2, -0.15) is 0 Å². The standard InChI is InChI=1S/C23H25N3O6/c27-20(17-6-8-19-21(14-17)31-22(28)25-19)9-7-18-15-24-11-12-26(18)32-23(29)30-13-10-16-4-2-1-3-5-16/h1-6,8,14,18,24H,7,9-13,15H2,(H,25,28). The Kier molecular flexibility index (Phi) is 6.98. The molecule has 1 aliphatic heterocycles. The largest absolute Gasteiger partial charge is 0.527 e. The molecule has 2 aromatic carbocycles. The Morgan fingerprint density at radius 1 is 1.16 bits per heavy atom. The fraction of sp³-hybridized carbons (Fsp3) is 0.348. The lowest BCUT2D eigenvalue weighted by Gasteiger charge is -2.33. The van der Waals surface area contributed by atoms with Crippen molar-refractivity contribution in [3.05, 3.63) is 70.2 Å². The number of ether oxygens (including phenoxy) is 1. The number of aromatic amines is 1.